The topological polar surface area (TPSA) is 65.8 Å². The van der Waals surface area contributed by atoms with Crippen molar-refractivity contribution in [2.75, 3.05) is 0 Å². The second kappa shape index (κ2) is 4.24. The minimum Gasteiger partial charge on any atom is -0.406 e. The molecule has 0 fully saturated rings. The third kappa shape index (κ3) is 1.84. The van der Waals surface area contributed by atoms with Gasteiger partial charge in [0, 0.05) is 18.8 Å². The summed E-state index contributed by atoms with van der Waals surface area (Å²) in [5.74, 6) is -0.451. The fraction of sp³-hybridized carbons (Fsp3) is 0.250. The zero-order chi connectivity index (χ0) is 13.6. The van der Waals surface area contributed by atoms with Gasteiger partial charge in [0.1, 0.15) is 5.15 Å². The van der Waals surface area contributed by atoms with E-state index >= 15 is 0 Å². The summed E-state index contributed by atoms with van der Waals surface area (Å²) in [6.45, 7) is 2.14. The maximum atomic E-state index is 11.9. The van der Waals surface area contributed by atoms with Crippen LogP contribution in [-0.2, 0) is 13.6 Å². The number of hydrogen-bond acceptors (Lipinski definition) is 4. The normalized spacial score (nSPS) is 11.3. The van der Waals surface area contributed by atoms with Gasteiger partial charge < -0.3 is 4.42 Å². The summed E-state index contributed by atoms with van der Waals surface area (Å²) in [7, 11) is 1.76. The molecule has 0 N–H and O–H groups in total. The van der Waals surface area contributed by atoms with Crippen LogP contribution in [0.25, 0.3) is 11.2 Å². The predicted molar refractivity (Wildman–Crippen MR) is 70.3 cm³/mol. The molecule has 3 aromatic heterocycles. The van der Waals surface area contributed by atoms with Crippen LogP contribution >= 0.6 is 11.6 Å². The maximum absolute atomic E-state index is 11.9. The van der Waals surface area contributed by atoms with E-state index in [2.05, 4.69) is 10.1 Å². The highest BCUT2D eigenvalue weighted by Gasteiger charge is 2.16. The number of hydrogen-bond donors (Lipinski definition) is 0. The molecule has 0 atom stereocenters. The van der Waals surface area contributed by atoms with Crippen molar-refractivity contribution >= 4 is 22.8 Å². The summed E-state index contributed by atoms with van der Waals surface area (Å²) in [4.78, 5) is 16.0. The highest BCUT2D eigenvalue weighted by Crippen LogP contribution is 2.20. The van der Waals surface area contributed by atoms with E-state index in [-0.39, 0.29) is 0 Å². The summed E-state index contributed by atoms with van der Waals surface area (Å²) in [5.41, 5.74) is 2.54. The molecule has 0 radical (unpaired) electrons. The average Bonchev–Trinajstić information content (AvgIpc) is 2.82. The van der Waals surface area contributed by atoms with Crippen LogP contribution in [0.2, 0.25) is 5.15 Å². The molecule has 0 spiro atoms. The molecule has 0 bridgehead atoms. The van der Waals surface area contributed by atoms with Crippen LogP contribution in [0.4, 0.5) is 0 Å². The quantitative estimate of drug-likeness (QED) is 0.716. The Morgan fingerprint density at radius 3 is 2.95 bits per heavy atom. The minimum absolute atomic E-state index is 0.293. The Morgan fingerprint density at radius 1 is 1.47 bits per heavy atom. The standard InChI is InChI=1S/C12H11ClN4O2/c1-7-8(10(13)16(2)15-7)6-17-11-9(19-12(17)18)4-3-5-14-11/h3-5H,6H2,1-2H3. The number of aryl methyl sites for hydroxylation is 2. The number of rotatable bonds is 2. The largest absolute Gasteiger partial charge is 0.421 e. The van der Waals surface area contributed by atoms with Crippen LogP contribution in [-0.4, -0.2) is 19.3 Å². The summed E-state index contributed by atoms with van der Waals surface area (Å²) in [6, 6.07) is 3.43. The summed E-state index contributed by atoms with van der Waals surface area (Å²) in [5, 5.41) is 4.73. The monoisotopic (exact) mass is 278 g/mol. The lowest BCUT2D eigenvalue weighted by Crippen LogP contribution is -2.15. The molecule has 0 aromatic carbocycles. The Labute approximate surface area is 113 Å². The fourth-order valence-electron chi connectivity index (χ4n) is 2.05. The zero-order valence-electron chi connectivity index (χ0n) is 10.4. The molecular formula is C12H11ClN4O2. The molecule has 0 unspecified atom stereocenters. The van der Waals surface area contributed by atoms with Gasteiger partial charge >= 0.3 is 5.76 Å². The predicted octanol–water partition coefficient (Wildman–Crippen LogP) is 1.73. The SMILES string of the molecule is Cc1nn(C)c(Cl)c1Cn1c(=O)oc2cccnc21. The van der Waals surface area contributed by atoms with Gasteiger partial charge in [-0.15, -0.1) is 0 Å². The molecule has 3 rings (SSSR count). The first kappa shape index (κ1) is 12.0. The fourth-order valence-corrected chi connectivity index (χ4v) is 2.29. The molecular weight excluding hydrogens is 268 g/mol. The Balaban J connectivity index is 2.16. The molecule has 0 saturated carbocycles. The van der Waals surface area contributed by atoms with E-state index in [1.54, 1.807) is 30.1 Å². The lowest BCUT2D eigenvalue weighted by atomic mass is 10.2. The molecule has 0 aliphatic rings. The average molecular weight is 279 g/mol. The first-order valence-electron chi connectivity index (χ1n) is 5.70. The van der Waals surface area contributed by atoms with E-state index in [0.717, 1.165) is 11.3 Å². The zero-order valence-corrected chi connectivity index (χ0v) is 11.2. The van der Waals surface area contributed by atoms with E-state index in [4.69, 9.17) is 16.0 Å². The second-order valence-corrected chi connectivity index (χ2v) is 4.62. The number of pyridine rings is 1. The van der Waals surface area contributed by atoms with Gasteiger partial charge in [-0.3, -0.25) is 9.25 Å². The third-order valence-corrected chi connectivity index (χ3v) is 3.48. The Morgan fingerprint density at radius 2 is 2.26 bits per heavy atom. The first-order valence-corrected chi connectivity index (χ1v) is 6.08. The number of halogens is 1. The van der Waals surface area contributed by atoms with Gasteiger partial charge in [-0.1, -0.05) is 11.6 Å². The van der Waals surface area contributed by atoms with Gasteiger partial charge in [0.15, 0.2) is 11.2 Å². The van der Waals surface area contributed by atoms with E-state index in [1.165, 1.54) is 4.57 Å². The van der Waals surface area contributed by atoms with Crippen molar-refractivity contribution in [1.82, 2.24) is 19.3 Å². The molecule has 0 aliphatic heterocycles. The van der Waals surface area contributed by atoms with Crippen LogP contribution in [0.5, 0.6) is 0 Å². The van der Waals surface area contributed by atoms with Crippen LogP contribution in [0.1, 0.15) is 11.3 Å². The lowest BCUT2D eigenvalue weighted by Gasteiger charge is -2.01. The first-order chi connectivity index (χ1) is 9.08. The number of aromatic nitrogens is 4. The molecule has 98 valence electrons. The van der Waals surface area contributed by atoms with E-state index < -0.39 is 5.76 Å². The Kier molecular flexibility index (Phi) is 2.67. The van der Waals surface area contributed by atoms with E-state index in [9.17, 15) is 4.79 Å². The van der Waals surface area contributed by atoms with Gasteiger partial charge in [0.25, 0.3) is 0 Å². The van der Waals surface area contributed by atoms with Crippen LogP contribution in [0, 0.1) is 6.92 Å². The highest BCUT2D eigenvalue weighted by atomic mass is 35.5. The van der Waals surface area contributed by atoms with Crippen molar-refractivity contribution in [2.45, 2.75) is 13.5 Å². The summed E-state index contributed by atoms with van der Waals surface area (Å²) >= 11 is 6.17. The van der Waals surface area contributed by atoms with Gasteiger partial charge in [-0.2, -0.15) is 5.10 Å². The number of oxazole rings is 1. The van der Waals surface area contributed by atoms with Crippen molar-refractivity contribution in [1.29, 1.82) is 0 Å². The molecule has 0 aliphatic carbocycles. The van der Waals surface area contributed by atoms with Gasteiger partial charge in [-0.25, -0.2) is 9.78 Å². The number of nitrogens with zero attached hydrogens (tertiary/aromatic N) is 4. The van der Waals surface area contributed by atoms with Crippen molar-refractivity contribution in [3.05, 3.63) is 45.3 Å². The molecule has 3 aromatic rings. The molecule has 6 nitrogen and oxygen atoms in total. The number of fused-ring (bicyclic) bond motifs is 1. The third-order valence-electron chi connectivity index (χ3n) is 3.01. The smallest absolute Gasteiger partial charge is 0.406 e. The lowest BCUT2D eigenvalue weighted by molar-refractivity contribution is 0.517. The summed E-state index contributed by atoms with van der Waals surface area (Å²) < 4.78 is 8.16. The molecule has 3 heterocycles. The van der Waals surface area contributed by atoms with Gasteiger partial charge in [-0.05, 0) is 19.1 Å². The molecule has 0 saturated heterocycles. The molecule has 19 heavy (non-hydrogen) atoms. The van der Waals surface area contributed by atoms with E-state index in [1.807, 2.05) is 6.92 Å². The minimum atomic E-state index is -0.451. The highest BCUT2D eigenvalue weighted by molar-refractivity contribution is 6.30. The van der Waals surface area contributed by atoms with Gasteiger partial charge in [0.05, 0.1) is 12.2 Å². The second-order valence-electron chi connectivity index (χ2n) is 4.26. The van der Waals surface area contributed by atoms with Crippen molar-refractivity contribution in [2.24, 2.45) is 7.05 Å². The van der Waals surface area contributed by atoms with Gasteiger partial charge in [0.2, 0.25) is 0 Å². The summed E-state index contributed by atoms with van der Waals surface area (Å²) in [6.07, 6.45) is 1.62. The molecule has 7 heteroatoms. The maximum Gasteiger partial charge on any atom is 0.421 e. The van der Waals surface area contributed by atoms with E-state index in [0.29, 0.717) is 22.9 Å². The van der Waals surface area contributed by atoms with Crippen molar-refractivity contribution in [3.8, 4) is 0 Å². The van der Waals surface area contributed by atoms with Crippen LogP contribution in [0.15, 0.2) is 27.5 Å². The molecule has 0 amide bonds. The van der Waals surface area contributed by atoms with Crippen molar-refractivity contribution < 1.29 is 4.42 Å². The van der Waals surface area contributed by atoms with Crippen LogP contribution in [0.3, 0.4) is 0 Å². The Bertz CT molecular complexity index is 815. The van der Waals surface area contributed by atoms with Crippen molar-refractivity contribution in [3.63, 3.8) is 0 Å². The Hall–Kier alpha value is -2.08. The van der Waals surface area contributed by atoms with Crippen LogP contribution < -0.4 is 5.76 Å².